The number of nitrogens with one attached hydrogen (secondary N) is 2. The van der Waals surface area contributed by atoms with Crippen molar-refractivity contribution in [2.45, 2.75) is 50.9 Å². The molecule has 2 amide bonds. The smallest absolute Gasteiger partial charge is 0.384 e. The number of aryl methyl sites for hydroxylation is 2. The number of fused-ring (bicyclic) bond motifs is 1. The molecule has 6 nitrogen and oxygen atoms in total. The second-order valence-electron chi connectivity index (χ2n) is 5.58. The van der Waals surface area contributed by atoms with Crippen LogP contribution in [0.3, 0.4) is 0 Å². The van der Waals surface area contributed by atoms with Gasteiger partial charge in [0.25, 0.3) is 0 Å². The standard InChI is InChI=1S/C14H21F3N4O2/c15-14(16,17)11(22)5-7-19-13(23)18-6-4-10-9-21-8-2-1-3-12(21)20-10/h9,11,22H,1-8H2,(H2,18,19,23)/t11-/m0/s1. The van der Waals surface area contributed by atoms with E-state index in [4.69, 9.17) is 5.11 Å². The van der Waals surface area contributed by atoms with Crippen LogP contribution in [-0.4, -0.2) is 46.1 Å². The van der Waals surface area contributed by atoms with Gasteiger partial charge in [-0.2, -0.15) is 13.2 Å². The van der Waals surface area contributed by atoms with E-state index in [2.05, 4.69) is 20.2 Å². The summed E-state index contributed by atoms with van der Waals surface area (Å²) >= 11 is 0. The summed E-state index contributed by atoms with van der Waals surface area (Å²) in [6, 6.07) is -0.552. The van der Waals surface area contributed by atoms with Gasteiger partial charge in [0.05, 0.1) is 5.69 Å². The summed E-state index contributed by atoms with van der Waals surface area (Å²) in [5.74, 6) is 1.07. The van der Waals surface area contributed by atoms with Gasteiger partial charge in [-0.05, 0) is 19.3 Å². The van der Waals surface area contributed by atoms with Crippen LogP contribution in [0.1, 0.15) is 30.8 Å². The van der Waals surface area contributed by atoms with E-state index in [0.717, 1.165) is 37.3 Å². The molecule has 1 aromatic rings. The number of aliphatic hydroxyl groups is 1. The zero-order valence-corrected chi connectivity index (χ0v) is 12.7. The first-order chi connectivity index (χ1) is 10.9. The van der Waals surface area contributed by atoms with Gasteiger partial charge in [0.1, 0.15) is 5.82 Å². The molecule has 1 atom stereocenters. The number of halogens is 3. The maximum absolute atomic E-state index is 12.1. The minimum Gasteiger partial charge on any atom is -0.384 e. The van der Waals surface area contributed by atoms with Crippen molar-refractivity contribution in [1.82, 2.24) is 20.2 Å². The Morgan fingerprint density at radius 1 is 1.35 bits per heavy atom. The van der Waals surface area contributed by atoms with Crippen LogP contribution < -0.4 is 10.6 Å². The molecule has 0 saturated carbocycles. The normalized spacial score (nSPS) is 15.8. The molecule has 0 spiro atoms. The number of aromatic nitrogens is 2. The third-order valence-electron chi connectivity index (χ3n) is 3.71. The molecule has 2 rings (SSSR count). The molecule has 0 bridgehead atoms. The Morgan fingerprint density at radius 3 is 2.78 bits per heavy atom. The van der Waals surface area contributed by atoms with Crippen molar-refractivity contribution in [3.05, 3.63) is 17.7 Å². The van der Waals surface area contributed by atoms with Gasteiger partial charge in [0.2, 0.25) is 0 Å². The summed E-state index contributed by atoms with van der Waals surface area (Å²) in [6.07, 6.45) is -1.83. The van der Waals surface area contributed by atoms with Gasteiger partial charge in [-0.15, -0.1) is 0 Å². The third-order valence-corrected chi connectivity index (χ3v) is 3.71. The Balaban J connectivity index is 1.62. The maximum Gasteiger partial charge on any atom is 0.414 e. The molecule has 0 aliphatic carbocycles. The highest BCUT2D eigenvalue weighted by molar-refractivity contribution is 5.73. The fraction of sp³-hybridized carbons (Fsp3) is 0.714. The van der Waals surface area contributed by atoms with Gasteiger partial charge in [-0.1, -0.05) is 0 Å². The summed E-state index contributed by atoms with van der Waals surface area (Å²) in [5.41, 5.74) is 0.898. The number of alkyl halides is 3. The molecule has 1 aliphatic rings. The lowest BCUT2D eigenvalue weighted by Gasteiger charge is -2.14. The van der Waals surface area contributed by atoms with E-state index in [1.54, 1.807) is 0 Å². The quantitative estimate of drug-likeness (QED) is 0.735. The fourth-order valence-electron chi connectivity index (χ4n) is 2.44. The van der Waals surface area contributed by atoms with E-state index >= 15 is 0 Å². The molecule has 9 heteroatoms. The van der Waals surface area contributed by atoms with Crippen LogP contribution in [0, 0.1) is 0 Å². The first kappa shape index (κ1) is 17.6. The number of hydrogen-bond donors (Lipinski definition) is 3. The van der Waals surface area contributed by atoms with Crippen LogP contribution in [0.15, 0.2) is 6.20 Å². The maximum atomic E-state index is 12.1. The lowest BCUT2D eigenvalue weighted by molar-refractivity contribution is -0.204. The Bertz CT molecular complexity index is 507. The number of imidazole rings is 1. The molecule has 0 unspecified atom stereocenters. The van der Waals surface area contributed by atoms with Crippen LogP contribution >= 0.6 is 0 Å². The number of rotatable bonds is 6. The second-order valence-corrected chi connectivity index (χ2v) is 5.58. The van der Waals surface area contributed by atoms with Crippen LogP contribution in [0.4, 0.5) is 18.0 Å². The van der Waals surface area contributed by atoms with Crippen molar-refractivity contribution >= 4 is 6.03 Å². The second kappa shape index (κ2) is 7.67. The molecular formula is C14H21F3N4O2. The highest BCUT2D eigenvalue weighted by Crippen LogP contribution is 2.21. The molecule has 130 valence electrons. The number of urea groups is 1. The minimum atomic E-state index is -4.65. The van der Waals surface area contributed by atoms with Crippen molar-refractivity contribution in [3.8, 4) is 0 Å². The summed E-state index contributed by atoms with van der Waals surface area (Å²) < 4.78 is 38.3. The molecule has 1 aromatic heterocycles. The van der Waals surface area contributed by atoms with E-state index < -0.39 is 24.7 Å². The first-order valence-electron chi connectivity index (χ1n) is 7.67. The van der Waals surface area contributed by atoms with Crippen LogP contribution in [-0.2, 0) is 19.4 Å². The average molecular weight is 334 g/mol. The van der Waals surface area contributed by atoms with E-state index in [9.17, 15) is 18.0 Å². The highest BCUT2D eigenvalue weighted by Gasteiger charge is 2.37. The Hall–Kier alpha value is -1.77. The number of aliphatic hydroxyl groups excluding tert-OH is 1. The summed E-state index contributed by atoms with van der Waals surface area (Å²) in [6.45, 7) is 1.08. The van der Waals surface area contributed by atoms with E-state index in [1.807, 2.05) is 6.20 Å². The van der Waals surface area contributed by atoms with Crippen molar-refractivity contribution in [2.75, 3.05) is 13.1 Å². The van der Waals surface area contributed by atoms with Gasteiger partial charge in [0.15, 0.2) is 6.10 Å². The predicted molar refractivity (Wildman–Crippen MR) is 76.9 cm³/mol. The molecule has 3 N–H and O–H groups in total. The molecule has 1 aliphatic heterocycles. The lowest BCUT2D eigenvalue weighted by atomic mass is 10.2. The molecule has 23 heavy (non-hydrogen) atoms. The van der Waals surface area contributed by atoms with Crippen molar-refractivity contribution < 1.29 is 23.1 Å². The number of carbonyl (C=O) groups excluding carboxylic acids is 1. The van der Waals surface area contributed by atoms with Gasteiger partial charge < -0.3 is 20.3 Å². The van der Waals surface area contributed by atoms with Gasteiger partial charge in [0, 0.05) is 38.7 Å². The first-order valence-corrected chi connectivity index (χ1v) is 7.67. The summed E-state index contributed by atoms with van der Waals surface area (Å²) in [7, 11) is 0. The molecule has 0 aromatic carbocycles. The molecule has 0 fully saturated rings. The molecule has 0 saturated heterocycles. The zero-order valence-electron chi connectivity index (χ0n) is 12.7. The lowest BCUT2D eigenvalue weighted by Crippen LogP contribution is -2.39. The largest absolute Gasteiger partial charge is 0.414 e. The van der Waals surface area contributed by atoms with Gasteiger partial charge in [-0.25, -0.2) is 9.78 Å². The molecular weight excluding hydrogens is 313 g/mol. The monoisotopic (exact) mass is 334 g/mol. The Labute approximate surface area is 132 Å². The SMILES string of the molecule is O=C(NCCc1cn2c(n1)CCCC2)NCC[C@H](O)C(F)(F)F. The average Bonchev–Trinajstić information content (AvgIpc) is 2.88. The number of carbonyl (C=O) groups is 1. The summed E-state index contributed by atoms with van der Waals surface area (Å²) in [4.78, 5) is 15.9. The van der Waals surface area contributed by atoms with E-state index in [1.165, 1.54) is 0 Å². The van der Waals surface area contributed by atoms with Crippen molar-refractivity contribution in [3.63, 3.8) is 0 Å². The van der Waals surface area contributed by atoms with E-state index in [0.29, 0.717) is 13.0 Å². The van der Waals surface area contributed by atoms with Crippen LogP contribution in [0.2, 0.25) is 0 Å². The highest BCUT2D eigenvalue weighted by atomic mass is 19.4. The third kappa shape index (κ3) is 5.42. The fourth-order valence-corrected chi connectivity index (χ4v) is 2.44. The topological polar surface area (TPSA) is 79.2 Å². The van der Waals surface area contributed by atoms with Crippen LogP contribution in [0.25, 0.3) is 0 Å². The number of nitrogens with zero attached hydrogens (tertiary/aromatic N) is 2. The Kier molecular flexibility index (Phi) is 5.86. The van der Waals surface area contributed by atoms with Crippen molar-refractivity contribution in [2.24, 2.45) is 0 Å². The predicted octanol–water partition coefficient (Wildman–Crippen LogP) is 1.37. The van der Waals surface area contributed by atoms with E-state index in [-0.39, 0.29) is 6.54 Å². The summed E-state index contributed by atoms with van der Waals surface area (Å²) in [5, 5.41) is 13.6. The molecule has 2 heterocycles. The van der Waals surface area contributed by atoms with Gasteiger partial charge >= 0.3 is 12.2 Å². The van der Waals surface area contributed by atoms with Crippen LogP contribution in [0.5, 0.6) is 0 Å². The number of hydrogen-bond acceptors (Lipinski definition) is 3. The number of amides is 2. The molecule has 0 radical (unpaired) electrons. The Morgan fingerprint density at radius 2 is 2.09 bits per heavy atom. The zero-order chi connectivity index (χ0) is 16.9. The minimum absolute atomic E-state index is 0.245. The van der Waals surface area contributed by atoms with Gasteiger partial charge in [-0.3, -0.25) is 0 Å². The van der Waals surface area contributed by atoms with Crippen molar-refractivity contribution in [1.29, 1.82) is 0 Å².